The Kier molecular flexibility index (Phi) is 4.94. The van der Waals surface area contributed by atoms with E-state index in [0.717, 1.165) is 0 Å². The number of nitrogens with zero attached hydrogens (tertiary/aromatic N) is 1. The fourth-order valence-electron chi connectivity index (χ4n) is 0.169. The number of oxime groups is 1. The molecule has 0 aliphatic heterocycles. The molecule has 0 radical (unpaired) electrons. The van der Waals surface area contributed by atoms with Gasteiger partial charge in [-0.25, -0.2) is 4.79 Å². The Bertz CT molecular complexity index is 203. The molecule has 12 heavy (non-hydrogen) atoms. The van der Waals surface area contributed by atoms with Crippen molar-refractivity contribution in [2.45, 2.75) is 3.79 Å². The van der Waals surface area contributed by atoms with E-state index >= 15 is 0 Å². The van der Waals surface area contributed by atoms with E-state index in [0.29, 0.717) is 0 Å². The number of halogens is 3. The molecule has 0 aromatic carbocycles. The van der Waals surface area contributed by atoms with Gasteiger partial charge < -0.3 is 15.7 Å². The predicted molar refractivity (Wildman–Crippen MR) is 50.9 cm³/mol. The number of alkyl halides is 3. The summed E-state index contributed by atoms with van der Waals surface area (Å²) in [6, 6.07) is 0. The number of hydrogen-bond donors (Lipinski definition) is 2. The number of carbonyl (C=O) groups excluding carboxylic acids is 1. The molecule has 0 amide bonds. The third kappa shape index (κ3) is 4.83. The van der Waals surface area contributed by atoms with E-state index in [1.165, 1.54) is 0 Å². The molecule has 0 rings (SSSR count). The molecule has 0 saturated carbocycles. The van der Waals surface area contributed by atoms with Crippen molar-refractivity contribution >= 4 is 56.1 Å². The van der Waals surface area contributed by atoms with Crippen LogP contribution >= 0.6 is 44.2 Å². The van der Waals surface area contributed by atoms with Crippen LogP contribution in [0.15, 0.2) is 5.16 Å². The van der Waals surface area contributed by atoms with Crippen LogP contribution in [0.1, 0.15) is 0 Å². The highest BCUT2D eigenvalue weighted by molar-refractivity contribution is 7.15. The number of rotatable bonds is 1. The first-order valence-electron chi connectivity index (χ1n) is 2.46. The Balaban J connectivity index is 4.04. The second-order valence-corrected chi connectivity index (χ2v) is 4.07. The number of guanidine groups is 1. The van der Waals surface area contributed by atoms with Gasteiger partial charge >= 0.3 is 5.97 Å². The van der Waals surface area contributed by atoms with Crippen molar-refractivity contribution in [1.82, 2.24) is 5.09 Å². The van der Waals surface area contributed by atoms with Gasteiger partial charge in [0.25, 0.3) is 3.79 Å². The minimum absolute atomic E-state index is 0.136. The van der Waals surface area contributed by atoms with Crippen molar-refractivity contribution in [3.8, 4) is 0 Å². The number of nitrogens with two attached hydrogens (primary N) is 1. The van der Waals surface area contributed by atoms with Crippen molar-refractivity contribution in [2.24, 2.45) is 10.9 Å². The number of carbonyl (C=O) groups is 1. The van der Waals surface area contributed by atoms with Gasteiger partial charge in [0, 0.05) is 0 Å². The van der Waals surface area contributed by atoms with Gasteiger partial charge in [-0.05, 0) is 14.5 Å². The standard InChI is InChI=1S/C3H5Cl3N3O2P/c4-3(5,6)1(10)11-8-2(7)9-12/h12H2,(H3,7,8,9). The SMILES string of the molecule is NC(=NOC(=O)C(Cl)(Cl)Cl)NP. The van der Waals surface area contributed by atoms with E-state index in [2.05, 4.69) is 15.1 Å². The quantitative estimate of drug-likeness (QED) is 0.178. The Morgan fingerprint density at radius 1 is 1.58 bits per heavy atom. The van der Waals surface area contributed by atoms with Crippen molar-refractivity contribution < 1.29 is 9.63 Å². The molecule has 5 nitrogen and oxygen atoms in total. The first-order valence-corrected chi connectivity index (χ1v) is 4.17. The van der Waals surface area contributed by atoms with Crippen LogP contribution < -0.4 is 10.8 Å². The summed E-state index contributed by atoms with van der Waals surface area (Å²) in [5.74, 6) is -1.27. The van der Waals surface area contributed by atoms with Crippen molar-refractivity contribution in [2.75, 3.05) is 0 Å². The van der Waals surface area contributed by atoms with E-state index in [-0.39, 0.29) is 5.96 Å². The van der Waals surface area contributed by atoms with E-state index in [4.69, 9.17) is 40.5 Å². The first kappa shape index (κ1) is 12.0. The highest BCUT2D eigenvalue weighted by atomic mass is 35.6. The summed E-state index contributed by atoms with van der Waals surface area (Å²) in [5.41, 5.74) is 5.08. The van der Waals surface area contributed by atoms with Crippen LogP contribution in [0.2, 0.25) is 0 Å². The van der Waals surface area contributed by atoms with Gasteiger partial charge in [-0.15, -0.1) is 0 Å². The van der Waals surface area contributed by atoms with E-state index < -0.39 is 9.76 Å². The molecule has 0 aliphatic rings. The molecule has 9 heteroatoms. The lowest BCUT2D eigenvalue weighted by atomic mass is 10.8. The molecule has 1 unspecified atom stereocenters. The zero-order chi connectivity index (χ0) is 9.78. The molecule has 70 valence electrons. The van der Waals surface area contributed by atoms with Crippen LogP contribution in [0.5, 0.6) is 0 Å². The highest BCUT2D eigenvalue weighted by Crippen LogP contribution is 2.27. The summed E-state index contributed by atoms with van der Waals surface area (Å²) < 4.78 is -2.15. The second-order valence-electron chi connectivity index (χ2n) is 1.50. The normalized spacial score (nSPS) is 12.5. The maximum absolute atomic E-state index is 10.7. The molecule has 0 bridgehead atoms. The van der Waals surface area contributed by atoms with Crippen molar-refractivity contribution in [1.29, 1.82) is 0 Å². The highest BCUT2D eigenvalue weighted by Gasteiger charge is 2.33. The van der Waals surface area contributed by atoms with Crippen LogP contribution in [0, 0.1) is 0 Å². The molecule has 0 aromatic heterocycles. The van der Waals surface area contributed by atoms with Crippen LogP contribution in [0.4, 0.5) is 0 Å². The largest absolute Gasteiger partial charge is 0.386 e. The van der Waals surface area contributed by atoms with Crippen molar-refractivity contribution in [3.63, 3.8) is 0 Å². The van der Waals surface area contributed by atoms with Crippen LogP contribution in [-0.4, -0.2) is 15.7 Å². The van der Waals surface area contributed by atoms with Crippen LogP contribution in [0.3, 0.4) is 0 Å². The maximum atomic E-state index is 10.7. The Morgan fingerprint density at radius 3 is 2.42 bits per heavy atom. The van der Waals surface area contributed by atoms with Crippen LogP contribution in [-0.2, 0) is 9.63 Å². The summed E-state index contributed by atoms with van der Waals surface area (Å²) in [6.45, 7) is 0. The lowest BCUT2D eigenvalue weighted by Gasteiger charge is -2.05. The van der Waals surface area contributed by atoms with E-state index in [9.17, 15) is 4.79 Å². The van der Waals surface area contributed by atoms with E-state index in [1.807, 2.05) is 9.39 Å². The zero-order valence-corrected chi connectivity index (χ0v) is 8.97. The average Bonchev–Trinajstić information content (AvgIpc) is 1.97. The predicted octanol–water partition coefficient (Wildman–Crippen LogP) is 0.509. The summed E-state index contributed by atoms with van der Waals surface area (Å²) in [7, 11) is 2.04. The lowest BCUT2D eigenvalue weighted by molar-refractivity contribution is -0.142. The zero-order valence-electron chi connectivity index (χ0n) is 5.55. The smallest absolute Gasteiger partial charge is 0.367 e. The monoisotopic (exact) mass is 251 g/mol. The molecular formula is C3H5Cl3N3O2P. The molecule has 0 saturated heterocycles. The lowest BCUT2D eigenvalue weighted by Crippen LogP contribution is -2.26. The molecule has 3 N–H and O–H groups in total. The summed E-state index contributed by atoms with van der Waals surface area (Å²) >= 11 is 15.4. The molecule has 1 atom stereocenters. The summed E-state index contributed by atoms with van der Waals surface area (Å²) in [6.07, 6.45) is 0. The van der Waals surface area contributed by atoms with Gasteiger partial charge in [-0.3, -0.25) is 0 Å². The fraction of sp³-hybridized carbons (Fsp3) is 0.333. The number of hydrogen-bond acceptors (Lipinski definition) is 3. The molecular weight excluding hydrogens is 247 g/mol. The minimum atomic E-state index is -2.15. The van der Waals surface area contributed by atoms with Gasteiger partial charge in [0.15, 0.2) is 0 Å². The van der Waals surface area contributed by atoms with Crippen LogP contribution in [0.25, 0.3) is 0 Å². The molecule has 0 spiro atoms. The fourth-order valence-corrected chi connectivity index (χ4v) is 0.325. The summed E-state index contributed by atoms with van der Waals surface area (Å²) in [5, 5.41) is 5.38. The average molecular weight is 252 g/mol. The topological polar surface area (TPSA) is 76.7 Å². The van der Waals surface area contributed by atoms with Gasteiger partial charge in [-0.2, -0.15) is 0 Å². The minimum Gasteiger partial charge on any atom is -0.367 e. The third-order valence-corrected chi connectivity index (χ3v) is 1.36. The third-order valence-electron chi connectivity index (χ3n) is 0.606. The molecule has 0 fully saturated rings. The Labute approximate surface area is 85.8 Å². The van der Waals surface area contributed by atoms with Gasteiger partial charge in [0.05, 0.1) is 0 Å². The number of nitrogens with one attached hydrogen (secondary N) is 1. The Hall–Kier alpha value is 0.0400. The molecule has 0 heterocycles. The Morgan fingerprint density at radius 2 is 2.08 bits per heavy atom. The van der Waals surface area contributed by atoms with Crippen molar-refractivity contribution in [3.05, 3.63) is 0 Å². The molecule has 0 aromatic rings. The summed E-state index contributed by atoms with van der Waals surface area (Å²) in [4.78, 5) is 14.8. The van der Waals surface area contributed by atoms with Gasteiger partial charge in [0.2, 0.25) is 5.96 Å². The van der Waals surface area contributed by atoms with Gasteiger partial charge in [0.1, 0.15) is 0 Å². The first-order chi connectivity index (χ1) is 5.38. The van der Waals surface area contributed by atoms with E-state index in [1.54, 1.807) is 0 Å². The van der Waals surface area contributed by atoms with Gasteiger partial charge in [-0.1, -0.05) is 34.8 Å². The molecule has 0 aliphatic carbocycles. The second kappa shape index (κ2) is 4.92. The maximum Gasteiger partial charge on any atom is 0.386 e.